The van der Waals surface area contributed by atoms with E-state index in [1.807, 2.05) is 0 Å². The maximum Gasteiger partial charge on any atom is 0.194 e. The van der Waals surface area contributed by atoms with Crippen LogP contribution in [0.4, 0.5) is 4.39 Å². The van der Waals surface area contributed by atoms with Gasteiger partial charge in [-0.1, -0.05) is 20.8 Å². The largest absolute Gasteiger partial charge is 0.323 e. The molecule has 0 saturated carbocycles. The maximum atomic E-state index is 13.1. The summed E-state index contributed by atoms with van der Waals surface area (Å²) in [6.07, 6.45) is 0. The second-order valence-corrected chi connectivity index (χ2v) is 5.13. The highest BCUT2D eigenvalue weighted by Gasteiger charge is 2.22. The van der Waals surface area contributed by atoms with Gasteiger partial charge < -0.3 is 4.57 Å². The minimum absolute atomic E-state index is 0.00954. The molecule has 0 saturated heterocycles. The van der Waals surface area contributed by atoms with Crippen molar-refractivity contribution in [2.24, 2.45) is 7.05 Å². The summed E-state index contributed by atoms with van der Waals surface area (Å²) in [5, 5.41) is 0. The molecule has 0 atom stereocenters. The molecular weight excluding hydrogens is 268 g/mol. The number of halogens is 2. The molecule has 3 heteroatoms. The molecule has 1 heterocycles. The monoisotopic (exact) mass is 281 g/mol. The zero-order chi connectivity index (χ0) is 9.52. The average Bonchev–Trinajstić information content (AvgIpc) is 2.05. The van der Waals surface area contributed by atoms with Crippen LogP contribution in [0.5, 0.6) is 0 Å². The molecule has 0 unspecified atom stereocenters. The molecule has 0 N–H and O–H groups in total. The topological polar surface area (TPSA) is 4.93 Å². The molecule has 68 valence electrons. The van der Waals surface area contributed by atoms with Gasteiger partial charge in [-0.25, -0.2) is 0 Å². The van der Waals surface area contributed by atoms with E-state index in [0.29, 0.717) is 0 Å². The Morgan fingerprint density at radius 3 is 2.08 bits per heavy atom. The first-order valence-electron chi connectivity index (χ1n) is 3.85. The summed E-state index contributed by atoms with van der Waals surface area (Å²) in [4.78, 5) is 0. The van der Waals surface area contributed by atoms with Gasteiger partial charge in [-0.05, 0) is 22.6 Å². The minimum atomic E-state index is -0.163. The quantitative estimate of drug-likeness (QED) is 0.644. The third kappa shape index (κ3) is 1.65. The number of rotatable bonds is 0. The van der Waals surface area contributed by atoms with Crippen LogP contribution in [0, 0.1) is 9.52 Å². The van der Waals surface area contributed by atoms with Gasteiger partial charge in [-0.3, -0.25) is 0 Å². The van der Waals surface area contributed by atoms with E-state index >= 15 is 0 Å². The highest BCUT2D eigenvalue weighted by Crippen LogP contribution is 2.28. The highest BCUT2D eigenvalue weighted by molar-refractivity contribution is 14.1. The van der Waals surface area contributed by atoms with E-state index in [-0.39, 0.29) is 11.4 Å². The van der Waals surface area contributed by atoms with E-state index < -0.39 is 0 Å². The first-order chi connectivity index (χ1) is 5.34. The van der Waals surface area contributed by atoms with Gasteiger partial charge in [0.15, 0.2) is 5.95 Å². The Morgan fingerprint density at radius 1 is 1.42 bits per heavy atom. The molecule has 0 amide bonds. The smallest absolute Gasteiger partial charge is 0.194 e. The standard InChI is InChI=1S/C9H13FIN/c1-9(2,3)8-6(11)5-7(10)12(8)4/h5H,1-4H3. The molecule has 1 rings (SSSR count). The van der Waals surface area contributed by atoms with Crippen LogP contribution in [0.1, 0.15) is 26.5 Å². The van der Waals surface area contributed by atoms with Crippen LogP contribution >= 0.6 is 22.6 Å². The predicted molar refractivity (Wildman–Crippen MR) is 56.8 cm³/mol. The normalized spacial score (nSPS) is 12.2. The number of hydrogen-bond acceptors (Lipinski definition) is 0. The molecule has 0 fully saturated rings. The van der Waals surface area contributed by atoms with E-state index in [9.17, 15) is 4.39 Å². The lowest BCUT2D eigenvalue weighted by Gasteiger charge is -2.20. The van der Waals surface area contributed by atoms with Crippen molar-refractivity contribution in [2.75, 3.05) is 0 Å². The van der Waals surface area contributed by atoms with Crippen LogP contribution in [0.15, 0.2) is 6.07 Å². The van der Waals surface area contributed by atoms with Gasteiger partial charge in [0.2, 0.25) is 0 Å². The molecule has 0 aromatic carbocycles. The molecule has 0 aliphatic rings. The van der Waals surface area contributed by atoms with E-state index in [2.05, 4.69) is 43.4 Å². The minimum Gasteiger partial charge on any atom is -0.323 e. The van der Waals surface area contributed by atoms with Crippen molar-refractivity contribution in [1.82, 2.24) is 4.57 Å². The van der Waals surface area contributed by atoms with Crippen LogP contribution in [-0.4, -0.2) is 4.57 Å². The molecule has 1 aromatic heterocycles. The van der Waals surface area contributed by atoms with Gasteiger partial charge >= 0.3 is 0 Å². The molecule has 1 aromatic rings. The van der Waals surface area contributed by atoms with Crippen LogP contribution < -0.4 is 0 Å². The van der Waals surface area contributed by atoms with Crippen molar-refractivity contribution in [3.05, 3.63) is 21.3 Å². The number of aromatic nitrogens is 1. The van der Waals surface area contributed by atoms with Gasteiger partial charge in [0, 0.05) is 27.8 Å². The summed E-state index contributed by atoms with van der Waals surface area (Å²) in [5.41, 5.74) is 1.07. The second kappa shape index (κ2) is 3.01. The molecule has 1 nitrogen and oxygen atoms in total. The summed E-state index contributed by atoms with van der Waals surface area (Å²) >= 11 is 2.17. The van der Waals surface area contributed by atoms with Crippen molar-refractivity contribution in [2.45, 2.75) is 26.2 Å². The third-order valence-corrected chi connectivity index (χ3v) is 2.66. The molecule has 0 aliphatic carbocycles. The Hall–Kier alpha value is -0.0600. The fourth-order valence-corrected chi connectivity index (χ4v) is 2.83. The molecule has 0 radical (unpaired) electrons. The zero-order valence-electron chi connectivity index (χ0n) is 7.78. The third-order valence-electron chi connectivity index (χ3n) is 1.84. The predicted octanol–water partition coefficient (Wildman–Crippen LogP) is 3.07. The van der Waals surface area contributed by atoms with Gasteiger partial charge in [0.25, 0.3) is 0 Å². The summed E-state index contributed by atoms with van der Waals surface area (Å²) in [7, 11) is 1.76. The van der Waals surface area contributed by atoms with Gasteiger partial charge in [-0.15, -0.1) is 0 Å². The van der Waals surface area contributed by atoms with E-state index in [1.165, 1.54) is 0 Å². The SMILES string of the molecule is Cn1c(F)cc(I)c1C(C)(C)C. The van der Waals surface area contributed by atoms with Gasteiger partial charge in [0.1, 0.15) is 0 Å². The molecule has 0 bridgehead atoms. The average molecular weight is 281 g/mol. The maximum absolute atomic E-state index is 13.1. The summed E-state index contributed by atoms with van der Waals surface area (Å²) < 4.78 is 15.7. The van der Waals surface area contributed by atoms with Crippen molar-refractivity contribution in [3.63, 3.8) is 0 Å². The second-order valence-electron chi connectivity index (χ2n) is 3.97. The van der Waals surface area contributed by atoms with Crippen molar-refractivity contribution in [3.8, 4) is 0 Å². The van der Waals surface area contributed by atoms with E-state index in [4.69, 9.17) is 0 Å². The lowest BCUT2D eigenvalue weighted by atomic mass is 9.92. The van der Waals surface area contributed by atoms with E-state index in [0.717, 1.165) is 9.26 Å². The van der Waals surface area contributed by atoms with Crippen LogP contribution in [0.3, 0.4) is 0 Å². The molecule has 0 aliphatic heterocycles. The Labute approximate surface area is 86.1 Å². The van der Waals surface area contributed by atoms with Crippen LogP contribution in [0.25, 0.3) is 0 Å². The summed E-state index contributed by atoms with van der Waals surface area (Å²) in [5.74, 6) is -0.163. The Kier molecular flexibility index (Phi) is 2.52. The van der Waals surface area contributed by atoms with E-state index in [1.54, 1.807) is 17.7 Å². The highest BCUT2D eigenvalue weighted by atomic mass is 127. The van der Waals surface area contributed by atoms with Crippen molar-refractivity contribution >= 4 is 22.6 Å². The molecule has 12 heavy (non-hydrogen) atoms. The first-order valence-corrected chi connectivity index (χ1v) is 4.93. The summed E-state index contributed by atoms with van der Waals surface area (Å²) in [6, 6.07) is 1.57. The van der Waals surface area contributed by atoms with Crippen LogP contribution in [0.2, 0.25) is 0 Å². The van der Waals surface area contributed by atoms with Gasteiger partial charge in [0.05, 0.1) is 0 Å². The lowest BCUT2D eigenvalue weighted by molar-refractivity contribution is 0.478. The molecular formula is C9H13FIN. The fraction of sp³-hybridized carbons (Fsp3) is 0.556. The Morgan fingerprint density at radius 2 is 1.92 bits per heavy atom. The van der Waals surface area contributed by atoms with Crippen molar-refractivity contribution < 1.29 is 4.39 Å². The van der Waals surface area contributed by atoms with Crippen molar-refractivity contribution in [1.29, 1.82) is 0 Å². The Bertz CT molecular complexity index is 296. The number of nitrogens with zero attached hydrogens (tertiary/aromatic N) is 1. The zero-order valence-corrected chi connectivity index (χ0v) is 9.94. The number of hydrogen-bond donors (Lipinski definition) is 0. The van der Waals surface area contributed by atoms with Crippen LogP contribution in [-0.2, 0) is 12.5 Å². The first kappa shape index (κ1) is 10.0. The van der Waals surface area contributed by atoms with Gasteiger partial charge in [-0.2, -0.15) is 4.39 Å². The fourth-order valence-electron chi connectivity index (χ4n) is 1.40. The summed E-state index contributed by atoms with van der Waals surface area (Å²) in [6.45, 7) is 6.26. The lowest BCUT2D eigenvalue weighted by Crippen LogP contribution is -2.17. The molecule has 0 spiro atoms. The Balaban J connectivity index is 3.32.